The van der Waals surface area contributed by atoms with Crippen molar-refractivity contribution < 1.29 is 13.2 Å². The molecule has 0 saturated carbocycles. The van der Waals surface area contributed by atoms with Gasteiger partial charge < -0.3 is 10.6 Å². The summed E-state index contributed by atoms with van der Waals surface area (Å²) in [5, 5.41) is 6.26. The van der Waals surface area contributed by atoms with Gasteiger partial charge in [0.05, 0.1) is 17.1 Å². The van der Waals surface area contributed by atoms with Gasteiger partial charge in [0.2, 0.25) is 5.91 Å². The minimum absolute atomic E-state index is 0.0187. The summed E-state index contributed by atoms with van der Waals surface area (Å²) in [5.41, 5.74) is 0.825. The first-order chi connectivity index (χ1) is 10.0. The number of rotatable bonds is 5. The number of hydrogen-bond donors (Lipinski definition) is 2. The van der Waals surface area contributed by atoms with Crippen LogP contribution in [0.15, 0.2) is 29.2 Å². The molecule has 2 N–H and O–H groups in total. The average molecular weight is 310 g/mol. The van der Waals surface area contributed by atoms with Gasteiger partial charge in [-0.15, -0.1) is 0 Å². The molecule has 0 aromatic heterocycles. The third-order valence-electron chi connectivity index (χ3n) is 3.69. The van der Waals surface area contributed by atoms with Crippen LogP contribution in [-0.4, -0.2) is 39.2 Å². The summed E-state index contributed by atoms with van der Waals surface area (Å²) in [6.07, 6.45) is 2.36. The van der Waals surface area contributed by atoms with E-state index >= 15 is 0 Å². The van der Waals surface area contributed by atoms with Crippen molar-refractivity contribution in [2.45, 2.75) is 37.1 Å². The maximum Gasteiger partial charge on any atom is 0.224 e. The lowest BCUT2D eigenvalue weighted by Gasteiger charge is -2.23. The molecule has 1 fully saturated rings. The number of sulfone groups is 1. The minimum Gasteiger partial charge on any atom is -0.352 e. The van der Waals surface area contributed by atoms with Gasteiger partial charge in [0.25, 0.3) is 0 Å². The molecule has 1 aliphatic rings. The summed E-state index contributed by atoms with van der Waals surface area (Å²) < 4.78 is 23.4. The molecule has 0 spiro atoms. The summed E-state index contributed by atoms with van der Waals surface area (Å²) in [6.45, 7) is 3.45. The van der Waals surface area contributed by atoms with Crippen LogP contribution in [0.2, 0.25) is 0 Å². The quantitative estimate of drug-likeness (QED) is 0.847. The molecule has 1 amide bonds. The van der Waals surface area contributed by atoms with E-state index in [1.165, 1.54) is 0 Å². The Bertz CT molecular complexity index is 575. The molecule has 0 aliphatic carbocycles. The fourth-order valence-electron chi connectivity index (χ4n) is 2.42. The normalized spacial score (nSPS) is 19.2. The fourth-order valence-corrected chi connectivity index (χ4v) is 3.30. The molecule has 1 heterocycles. The van der Waals surface area contributed by atoms with Crippen molar-refractivity contribution in [3.05, 3.63) is 29.8 Å². The van der Waals surface area contributed by atoms with Crippen molar-refractivity contribution in [2.75, 3.05) is 18.8 Å². The Labute approximate surface area is 126 Å². The third kappa shape index (κ3) is 4.54. The van der Waals surface area contributed by atoms with E-state index in [1.807, 2.05) is 0 Å². The van der Waals surface area contributed by atoms with Crippen molar-refractivity contribution in [3.63, 3.8) is 0 Å². The van der Waals surface area contributed by atoms with Crippen LogP contribution in [0.1, 0.15) is 25.3 Å². The predicted molar refractivity (Wildman–Crippen MR) is 81.9 cm³/mol. The van der Waals surface area contributed by atoms with E-state index < -0.39 is 9.84 Å². The molecule has 0 radical (unpaired) electrons. The Morgan fingerprint density at radius 3 is 2.62 bits per heavy atom. The number of nitrogens with one attached hydrogen (secondary N) is 2. The number of carbonyl (C=O) groups is 1. The Morgan fingerprint density at radius 2 is 2.05 bits per heavy atom. The second-order valence-corrected chi connectivity index (χ2v) is 7.61. The molecule has 0 bridgehead atoms. The molecule has 1 saturated heterocycles. The first-order valence-electron chi connectivity index (χ1n) is 7.33. The van der Waals surface area contributed by atoms with Crippen LogP contribution in [0, 0.1) is 0 Å². The summed E-state index contributed by atoms with van der Waals surface area (Å²) in [7, 11) is -3.17. The molecular weight excluding hydrogens is 288 g/mol. The first-order valence-corrected chi connectivity index (χ1v) is 8.98. The molecule has 21 heavy (non-hydrogen) atoms. The Balaban J connectivity index is 1.92. The van der Waals surface area contributed by atoms with Crippen molar-refractivity contribution in [1.82, 2.24) is 10.6 Å². The van der Waals surface area contributed by atoms with Crippen LogP contribution in [0.5, 0.6) is 0 Å². The van der Waals surface area contributed by atoms with E-state index in [-0.39, 0.29) is 24.1 Å². The molecule has 2 rings (SSSR count). The van der Waals surface area contributed by atoms with Crippen molar-refractivity contribution in [3.8, 4) is 0 Å². The van der Waals surface area contributed by atoms with Crippen LogP contribution >= 0.6 is 0 Å². The first kappa shape index (κ1) is 16.0. The second kappa shape index (κ2) is 7.04. The van der Waals surface area contributed by atoms with E-state index in [4.69, 9.17) is 0 Å². The minimum atomic E-state index is -3.17. The molecule has 1 aliphatic heterocycles. The third-order valence-corrected chi connectivity index (χ3v) is 5.44. The van der Waals surface area contributed by atoms with Gasteiger partial charge in [-0.2, -0.15) is 0 Å². The highest BCUT2D eigenvalue weighted by molar-refractivity contribution is 7.91. The summed E-state index contributed by atoms with van der Waals surface area (Å²) in [6, 6.07) is 6.77. The molecule has 5 nitrogen and oxygen atoms in total. The Morgan fingerprint density at radius 1 is 1.33 bits per heavy atom. The lowest BCUT2D eigenvalue weighted by Crippen LogP contribution is -2.46. The zero-order valence-electron chi connectivity index (χ0n) is 12.3. The highest BCUT2D eigenvalue weighted by Crippen LogP contribution is 2.13. The second-order valence-electron chi connectivity index (χ2n) is 5.33. The van der Waals surface area contributed by atoms with E-state index in [9.17, 15) is 13.2 Å². The number of piperidine rings is 1. The average Bonchev–Trinajstić information content (AvgIpc) is 2.48. The van der Waals surface area contributed by atoms with E-state index in [2.05, 4.69) is 10.6 Å². The van der Waals surface area contributed by atoms with Gasteiger partial charge in [-0.3, -0.25) is 4.79 Å². The maximum absolute atomic E-state index is 12.0. The van der Waals surface area contributed by atoms with Crippen LogP contribution in [-0.2, 0) is 21.1 Å². The molecule has 1 aromatic rings. The lowest BCUT2D eigenvalue weighted by atomic mass is 10.1. The van der Waals surface area contributed by atoms with Gasteiger partial charge in [-0.25, -0.2) is 8.42 Å². The van der Waals surface area contributed by atoms with Gasteiger partial charge in [0, 0.05) is 12.6 Å². The van der Waals surface area contributed by atoms with Crippen molar-refractivity contribution >= 4 is 15.7 Å². The van der Waals surface area contributed by atoms with Gasteiger partial charge in [-0.05, 0) is 37.1 Å². The molecule has 1 atom stereocenters. The van der Waals surface area contributed by atoms with Crippen molar-refractivity contribution in [2.24, 2.45) is 0 Å². The van der Waals surface area contributed by atoms with Gasteiger partial charge >= 0.3 is 0 Å². The molecule has 116 valence electrons. The highest BCUT2D eigenvalue weighted by atomic mass is 32.2. The molecular formula is C15H22N2O3S. The van der Waals surface area contributed by atoms with Gasteiger partial charge in [-0.1, -0.05) is 19.1 Å². The summed E-state index contributed by atoms with van der Waals surface area (Å²) in [4.78, 5) is 12.3. The smallest absolute Gasteiger partial charge is 0.224 e. The highest BCUT2D eigenvalue weighted by Gasteiger charge is 2.16. The SMILES string of the molecule is CCS(=O)(=O)c1ccc(CC(=O)N[C@H]2CCCNC2)cc1. The molecule has 6 heteroatoms. The van der Waals surface area contributed by atoms with E-state index in [1.54, 1.807) is 31.2 Å². The topological polar surface area (TPSA) is 75.3 Å². The zero-order valence-corrected chi connectivity index (χ0v) is 13.1. The zero-order chi connectivity index (χ0) is 15.3. The maximum atomic E-state index is 12.0. The molecule has 1 aromatic carbocycles. The number of benzene rings is 1. The van der Waals surface area contributed by atoms with Crippen LogP contribution < -0.4 is 10.6 Å². The number of hydrogen-bond acceptors (Lipinski definition) is 4. The fraction of sp³-hybridized carbons (Fsp3) is 0.533. The Hall–Kier alpha value is -1.40. The van der Waals surface area contributed by atoms with E-state index in [0.717, 1.165) is 31.5 Å². The van der Waals surface area contributed by atoms with Crippen LogP contribution in [0.3, 0.4) is 0 Å². The van der Waals surface area contributed by atoms with Crippen molar-refractivity contribution in [1.29, 1.82) is 0 Å². The number of carbonyl (C=O) groups excluding carboxylic acids is 1. The van der Waals surface area contributed by atoms with E-state index in [0.29, 0.717) is 4.90 Å². The summed E-state index contributed by atoms with van der Waals surface area (Å²) in [5.74, 6) is 0.0661. The largest absolute Gasteiger partial charge is 0.352 e. The predicted octanol–water partition coefficient (Wildman–Crippen LogP) is 0.891. The molecule has 0 unspecified atom stereocenters. The lowest BCUT2D eigenvalue weighted by molar-refractivity contribution is -0.121. The van der Waals surface area contributed by atoms with Gasteiger partial charge in [0.1, 0.15) is 0 Å². The number of amides is 1. The monoisotopic (exact) mass is 310 g/mol. The summed E-state index contributed by atoms with van der Waals surface area (Å²) >= 11 is 0. The van der Waals surface area contributed by atoms with Gasteiger partial charge in [0.15, 0.2) is 9.84 Å². The van der Waals surface area contributed by atoms with Crippen LogP contribution in [0.4, 0.5) is 0 Å². The van der Waals surface area contributed by atoms with Crippen LogP contribution in [0.25, 0.3) is 0 Å². The Kier molecular flexibility index (Phi) is 5.36. The standard InChI is InChI=1S/C15H22N2O3S/c1-2-21(19,20)14-7-5-12(6-8-14)10-15(18)17-13-4-3-9-16-11-13/h5-8,13,16H,2-4,9-11H2,1H3,(H,17,18)/t13-/m0/s1.